The van der Waals surface area contributed by atoms with Gasteiger partial charge in [0.05, 0.1) is 18.1 Å². The third-order valence-electron chi connectivity index (χ3n) is 3.26. The van der Waals surface area contributed by atoms with Crippen molar-refractivity contribution in [3.05, 3.63) is 59.4 Å². The predicted octanol–water partition coefficient (Wildman–Crippen LogP) is 3.87. The van der Waals surface area contributed by atoms with Crippen LogP contribution in [-0.4, -0.2) is 25.6 Å². The standard InChI is InChI=1S/C18H20ClFN2O2/c19-16-13-14(20)7-8-17(16)24-12-9-18(23)22-11-4-10-21-15-5-2-1-3-6-15/h1-3,5-8,13,21H,4,9-12H2,(H,22,23). The molecule has 0 bridgehead atoms. The summed E-state index contributed by atoms with van der Waals surface area (Å²) in [6.45, 7) is 1.57. The molecule has 2 rings (SSSR count). The highest BCUT2D eigenvalue weighted by atomic mass is 35.5. The van der Waals surface area contributed by atoms with E-state index in [0.29, 0.717) is 12.3 Å². The second-order valence-corrected chi connectivity index (χ2v) is 5.58. The van der Waals surface area contributed by atoms with Crippen LogP contribution >= 0.6 is 11.6 Å². The van der Waals surface area contributed by atoms with Crippen molar-refractivity contribution >= 4 is 23.2 Å². The van der Waals surface area contributed by atoms with Gasteiger partial charge in [-0.15, -0.1) is 0 Å². The molecule has 0 saturated carbocycles. The molecular weight excluding hydrogens is 331 g/mol. The third-order valence-corrected chi connectivity index (χ3v) is 3.55. The average Bonchev–Trinajstić information content (AvgIpc) is 2.57. The molecule has 0 aliphatic rings. The van der Waals surface area contributed by atoms with Crippen molar-refractivity contribution in [2.24, 2.45) is 0 Å². The lowest BCUT2D eigenvalue weighted by Gasteiger charge is -2.09. The Hall–Kier alpha value is -2.27. The Morgan fingerprint density at radius 3 is 2.67 bits per heavy atom. The minimum Gasteiger partial charge on any atom is -0.491 e. The van der Waals surface area contributed by atoms with Crippen molar-refractivity contribution in [1.29, 1.82) is 0 Å². The highest BCUT2D eigenvalue weighted by molar-refractivity contribution is 6.32. The number of hydrogen-bond acceptors (Lipinski definition) is 3. The van der Waals surface area contributed by atoms with Crippen LogP contribution < -0.4 is 15.4 Å². The number of rotatable bonds is 9. The number of para-hydroxylation sites is 1. The maximum Gasteiger partial charge on any atom is 0.223 e. The van der Waals surface area contributed by atoms with E-state index in [4.69, 9.17) is 16.3 Å². The first-order valence-electron chi connectivity index (χ1n) is 7.78. The van der Waals surface area contributed by atoms with Crippen LogP contribution in [0.5, 0.6) is 5.75 Å². The number of carbonyl (C=O) groups excluding carboxylic acids is 1. The van der Waals surface area contributed by atoms with E-state index in [-0.39, 0.29) is 24.0 Å². The summed E-state index contributed by atoms with van der Waals surface area (Å²) < 4.78 is 18.3. The van der Waals surface area contributed by atoms with E-state index >= 15 is 0 Å². The van der Waals surface area contributed by atoms with E-state index in [1.54, 1.807) is 0 Å². The fourth-order valence-corrected chi connectivity index (χ4v) is 2.26. The molecular formula is C18H20ClFN2O2. The predicted molar refractivity (Wildman–Crippen MR) is 94.1 cm³/mol. The molecule has 2 aromatic carbocycles. The molecule has 24 heavy (non-hydrogen) atoms. The molecule has 0 spiro atoms. The van der Waals surface area contributed by atoms with Crippen molar-refractivity contribution in [2.75, 3.05) is 25.0 Å². The quantitative estimate of drug-likeness (QED) is 0.675. The molecule has 0 radical (unpaired) electrons. The molecule has 0 aliphatic carbocycles. The molecule has 0 fully saturated rings. The van der Waals surface area contributed by atoms with Gasteiger partial charge in [0.25, 0.3) is 0 Å². The van der Waals surface area contributed by atoms with Crippen molar-refractivity contribution in [1.82, 2.24) is 5.32 Å². The molecule has 0 aliphatic heterocycles. The zero-order chi connectivity index (χ0) is 17.2. The minimum atomic E-state index is -0.422. The lowest BCUT2D eigenvalue weighted by Crippen LogP contribution is -2.27. The number of ether oxygens (including phenoxy) is 1. The van der Waals surface area contributed by atoms with E-state index in [2.05, 4.69) is 10.6 Å². The summed E-state index contributed by atoms with van der Waals surface area (Å²) in [4.78, 5) is 11.7. The molecule has 0 saturated heterocycles. The highest BCUT2D eigenvalue weighted by Crippen LogP contribution is 2.24. The molecule has 0 atom stereocenters. The van der Waals surface area contributed by atoms with E-state index in [0.717, 1.165) is 18.7 Å². The highest BCUT2D eigenvalue weighted by Gasteiger charge is 2.05. The van der Waals surface area contributed by atoms with Crippen LogP contribution in [0.1, 0.15) is 12.8 Å². The van der Waals surface area contributed by atoms with Gasteiger partial charge in [-0.05, 0) is 36.8 Å². The molecule has 1 amide bonds. The summed E-state index contributed by atoms with van der Waals surface area (Å²) in [5.74, 6) is -0.139. The smallest absolute Gasteiger partial charge is 0.223 e. The van der Waals surface area contributed by atoms with Crippen molar-refractivity contribution in [2.45, 2.75) is 12.8 Å². The first-order chi connectivity index (χ1) is 11.6. The molecule has 4 nitrogen and oxygen atoms in total. The van der Waals surface area contributed by atoms with Gasteiger partial charge in [-0.25, -0.2) is 4.39 Å². The molecule has 0 heterocycles. The number of carbonyl (C=O) groups is 1. The van der Waals surface area contributed by atoms with Crippen LogP contribution in [0.15, 0.2) is 48.5 Å². The van der Waals surface area contributed by atoms with Gasteiger partial charge in [-0.1, -0.05) is 29.8 Å². The van der Waals surface area contributed by atoms with Crippen LogP contribution in [0.2, 0.25) is 5.02 Å². The van der Waals surface area contributed by atoms with Gasteiger partial charge in [-0.2, -0.15) is 0 Å². The summed E-state index contributed by atoms with van der Waals surface area (Å²) >= 11 is 5.84. The largest absolute Gasteiger partial charge is 0.491 e. The second kappa shape index (κ2) is 9.78. The van der Waals surface area contributed by atoms with E-state index in [1.807, 2.05) is 30.3 Å². The van der Waals surface area contributed by atoms with Gasteiger partial charge >= 0.3 is 0 Å². The Morgan fingerprint density at radius 1 is 1.12 bits per heavy atom. The van der Waals surface area contributed by atoms with Crippen molar-refractivity contribution in [3.63, 3.8) is 0 Å². The van der Waals surface area contributed by atoms with Crippen LogP contribution in [-0.2, 0) is 4.79 Å². The Kier molecular flexibility index (Phi) is 7.36. The number of amides is 1. The lowest BCUT2D eigenvalue weighted by molar-refractivity contribution is -0.121. The van der Waals surface area contributed by atoms with E-state index < -0.39 is 5.82 Å². The minimum absolute atomic E-state index is 0.0899. The molecule has 2 N–H and O–H groups in total. The van der Waals surface area contributed by atoms with Crippen LogP contribution in [0.4, 0.5) is 10.1 Å². The normalized spacial score (nSPS) is 10.2. The average molecular weight is 351 g/mol. The Labute approximate surface area is 146 Å². The number of nitrogens with one attached hydrogen (secondary N) is 2. The first kappa shape index (κ1) is 18.1. The first-order valence-corrected chi connectivity index (χ1v) is 8.16. The van der Waals surface area contributed by atoms with Crippen LogP contribution in [0.3, 0.4) is 0 Å². The topological polar surface area (TPSA) is 50.4 Å². The zero-order valence-corrected chi connectivity index (χ0v) is 14.0. The Morgan fingerprint density at radius 2 is 1.92 bits per heavy atom. The van der Waals surface area contributed by atoms with E-state index in [9.17, 15) is 9.18 Å². The summed E-state index contributed by atoms with van der Waals surface area (Å²) in [5, 5.41) is 6.30. The Balaban J connectivity index is 1.55. The summed E-state index contributed by atoms with van der Waals surface area (Å²) in [6.07, 6.45) is 1.05. The lowest BCUT2D eigenvalue weighted by atomic mass is 10.3. The Bertz CT molecular complexity index is 653. The SMILES string of the molecule is O=C(CCOc1ccc(F)cc1Cl)NCCCNc1ccccc1. The number of anilines is 1. The van der Waals surface area contributed by atoms with E-state index in [1.165, 1.54) is 18.2 Å². The van der Waals surface area contributed by atoms with Gasteiger partial charge in [0.2, 0.25) is 5.91 Å². The molecule has 0 aromatic heterocycles. The number of hydrogen-bond donors (Lipinski definition) is 2. The summed E-state index contributed by atoms with van der Waals surface area (Å²) in [6, 6.07) is 13.8. The molecule has 128 valence electrons. The monoisotopic (exact) mass is 350 g/mol. The van der Waals surface area contributed by atoms with Gasteiger partial charge in [-0.3, -0.25) is 4.79 Å². The molecule has 6 heteroatoms. The van der Waals surface area contributed by atoms with Crippen LogP contribution in [0, 0.1) is 5.82 Å². The van der Waals surface area contributed by atoms with Crippen molar-refractivity contribution in [3.8, 4) is 5.75 Å². The zero-order valence-electron chi connectivity index (χ0n) is 13.2. The van der Waals surface area contributed by atoms with Crippen LogP contribution in [0.25, 0.3) is 0 Å². The maximum atomic E-state index is 12.9. The molecule has 2 aromatic rings. The van der Waals surface area contributed by atoms with Gasteiger partial charge in [0.1, 0.15) is 11.6 Å². The van der Waals surface area contributed by atoms with Gasteiger partial charge in [0.15, 0.2) is 0 Å². The molecule has 0 unspecified atom stereocenters. The van der Waals surface area contributed by atoms with Gasteiger partial charge < -0.3 is 15.4 Å². The summed E-state index contributed by atoms with van der Waals surface area (Å²) in [5.41, 5.74) is 1.06. The fraction of sp³-hybridized carbons (Fsp3) is 0.278. The number of benzene rings is 2. The van der Waals surface area contributed by atoms with Gasteiger partial charge in [0, 0.05) is 18.8 Å². The number of halogens is 2. The fourth-order valence-electron chi connectivity index (χ4n) is 2.04. The second-order valence-electron chi connectivity index (χ2n) is 5.17. The summed E-state index contributed by atoms with van der Waals surface area (Å²) in [7, 11) is 0. The third kappa shape index (κ3) is 6.46. The maximum absolute atomic E-state index is 12.9. The van der Waals surface area contributed by atoms with Crippen molar-refractivity contribution < 1.29 is 13.9 Å².